The van der Waals surface area contributed by atoms with Crippen molar-refractivity contribution >= 4 is 22.8 Å². The third-order valence-corrected chi connectivity index (χ3v) is 5.85. The molecule has 0 saturated heterocycles. The summed E-state index contributed by atoms with van der Waals surface area (Å²) in [6, 6.07) is 21.0. The molecule has 1 N–H and O–H groups in total. The number of benzene rings is 2. The van der Waals surface area contributed by atoms with E-state index in [0.29, 0.717) is 36.2 Å². The van der Waals surface area contributed by atoms with Crippen LogP contribution in [0.25, 0.3) is 11.0 Å². The Morgan fingerprint density at radius 1 is 1.03 bits per heavy atom. The van der Waals surface area contributed by atoms with E-state index in [1.165, 1.54) is 0 Å². The third kappa shape index (κ3) is 4.59. The lowest BCUT2D eigenvalue weighted by molar-refractivity contribution is 0.0724. The number of aromatic nitrogens is 1. The summed E-state index contributed by atoms with van der Waals surface area (Å²) in [6.45, 7) is 0.467. The molecule has 2 aromatic carbocycles. The highest BCUT2D eigenvalue weighted by Crippen LogP contribution is 2.22. The Labute approximate surface area is 187 Å². The molecule has 0 aliphatic heterocycles. The van der Waals surface area contributed by atoms with Gasteiger partial charge in [0.25, 0.3) is 11.8 Å². The molecule has 1 atom stereocenters. The first-order valence-electron chi connectivity index (χ1n) is 10.7. The van der Waals surface area contributed by atoms with Crippen LogP contribution in [-0.4, -0.2) is 40.9 Å². The number of hydrogen-bond acceptors (Lipinski definition) is 3. The molecule has 0 bridgehead atoms. The first-order chi connectivity index (χ1) is 15.5. The molecule has 6 nitrogen and oxygen atoms in total. The van der Waals surface area contributed by atoms with Gasteiger partial charge in [-0.15, -0.1) is 0 Å². The van der Waals surface area contributed by atoms with E-state index in [1.807, 2.05) is 68.8 Å². The van der Waals surface area contributed by atoms with Gasteiger partial charge in [-0.1, -0.05) is 36.4 Å². The molecule has 2 heterocycles. The van der Waals surface area contributed by atoms with Gasteiger partial charge in [-0.2, -0.15) is 0 Å². The van der Waals surface area contributed by atoms with E-state index in [2.05, 4.69) is 17.4 Å². The molecular weight excluding hydrogens is 402 g/mol. The van der Waals surface area contributed by atoms with Crippen LogP contribution in [0.2, 0.25) is 0 Å². The Morgan fingerprint density at radius 3 is 2.59 bits per heavy atom. The maximum Gasteiger partial charge on any atom is 0.267 e. The number of fused-ring (bicyclic) bond motifs is 1. The molecule has 0 saturated carbocycles. The highest BCUT2D eigenvalue weighted by Gasteiger charge is 2.23. The van der Waals surface area contributed by atoms with Gasteiger partial charge in [0.15, 0.2) is 0 Å². The van der Waals surface area contributed by atoms with Crippen LogP contribution in [0.3, 0.4) is 0 Å². The molecular formula is C26H27N3O3. The molecule has 4 rings (SSSR count). The Bertz CT molecular complexity index is 1210. The predicted molar refractivity (Wildman–Crippen MR) is 125 cm³/mol. The van der Waals surface area contributed by atoms with E-state index in [-0.39, 0.29) is 17.9 Å². The number of rotatable bonds is 8. The number of aryl methyl sites for hydroxylation is 1. The van der Waals surface area contributed by atoms with Crippen molar-refractivity contribution in [3.8, 4) is 0 Å². The Balaban J connectivity index is 1.50. The van der Waals surface area contributed by atoms with Crippen LogP contribution in [0.1, 0.15) is 32.8 Å². The molecule has 2 amide bonds. The molecule has 2 aromatic heterocycles. The molecule has 6 heteroatoms. The van der Waals surface area contributed by atoms with Crippen molar-refractivity contribution in [3.05, 3.63) is 96.0 Å². The Kier molecular flexibility index (Phi) is 6.40. The second-order valence-corrected chi connectivity index (χ2v) is 7.95. The quantitative estimate of drug-likeness (QED) is 0.455. The standard InChI is InChI=1S/C26H27N3O3/c1-28-16-7-11-23(28)25(30)27-15-13-20(18-19-8-4-3-5-9-19)29(2)26(31)22-10-6-12-24-21(22)14-17-32-24/h3-12,14,16-17,20H,13,15,18H2,1-2H3,(H,27,30)/t20-/m1/s1. The van der Waals surface area contributed by atoms with Crippen molar-refractivity contribution in [2.75, 3.05) is 13.6 Å². The SMILES string of the molecule is CN(C(=O)c1cccc2occc12)[C@H](CCNC(=O)c1cccn1C)Cc1ccccc1. The summed E-state index contributed by atoms with van der Waals surface area (Å²) >= 11 is 0. The van der Waals surface area contributed by atoms with Crippen molar-refractivity contribution in [1.29, 1.82) is 0 Å². The average molecular weight is 430 g/mol. The number of nitrogens with zero attached hydrogens (tertiary/aromatic N) is 2. The van der Waals surface area contributed by atoms with E-state index in [9.17, 15) is 9.59 Å². The van der Waals surface area contributed by atoms with E-state index in [1.54, 1.807) is 21.8 Å². The minimum Gasteiger partial charge on any atom is -0.464 e. The summed E-state index contributed by atoms with van der Waals surface area (Å²) in [7, 11) is 3.67. The van der Waals surface area contributed by atoms with Gasteiger partial charge in [0.05, 0.1) is 11.8 Å². The lowest BCUT2D eigenvalue weighted by Gasteiger charge is -2.29. The van der Waals surface area contributed by atoms with E-state index < -0.39 is 0 Å². The maximum absolute atomic E-state index is 13.4. The third-order valence-electron chi connectivity index (χ3n) is 5.85. The predicted octanol–water partition coefficient (Wildman–Crippen LogP) is 4.27. The van der Waals surface area contributed by atoms with Crippen molar-refractivity contribution in [2.45, 2.75) is 18.9 Å². The summed E-state index contributed by atoms with van der Waals surface area (Å²) in [4.78, 5) is 27.7. The number of carbonyl (C=O) groups is 2. The monoisotopic (exact) mass is 429 g/mol. The number of carbonyl (C=O) groups excluding carboxylic acids is 2. The molecule has 0 aliphatic rings. The average Bonchev–Trinajstić information content (AvgIpc) is 3.46. The van der Waals surface area contributed by atoms with Crippen LogP contribution in [0, 0.1) is 0 Å². The fourth-order valence-corrected chi connectivity index (χ4v) is 4.00. The molecule has 0 aliphatic carbocycles. The minimum atomic E-state index is -0.117. The summed E-state index contributed by atoms with van der Waals surface area (Å²) in [5.74, 6) is -0.181. The number of likely N-dealkylation sites (N-methyl/N-ethyl adjacent to an activating group) is 1. The van der Waals surface area contributed by atoms with Crippen molar-refractivity contribution in [1.82, 2.24) is 14.8 Å². The molecule has 0 spiro atoms. The molecule has 164 valence electrons. The summed E-state index contributed by atoms with van der Waals surface area (Å²) in [6.07, 6.45) is 4.77. The topological polar surface area (TPSA) is 67.5 Å². The summed E-state index contributed by atoms with van der Waals surface area (Å²) in [5, 5.41) is 3.79. The van der Waals surface area contributed by atoms with Gasteiger partial charge in [0.1, 0.15) is 11.3 Å². The van der Waals surface area contributed by atoms with Crippen LogP contribution in [0.5, 0.6) is 0 Å². The zero-order chi connectivity index (χ0) is 22.5. The molecule has 0 unspecified atom stereocenters. The van der Waals surface area contributed by atoms with Gasteiger partial charge in [0, 0.05) is 38.3 Å². The Morgan fingerprint density at radius 2 is 1.84 bits per heavy atom. The first-order valence-corrected chi connectivity index (χ1v) is 10.7. The number of hydrogen-bond donors (Lipinski definition) is 1. The van der Waals surface area contributed by atoms with Crippen molar-refractivity contribution < 1.29 is 14.0 Å². The summed E-state index contributed by atoms with van der Waals surface area (Å²) in [5.41, 5.74) is 3.07. The second-order valence-electron chi connectivity index (χ2n) is 7.95. The number of amides is 2. The van der Waals surface area contributed by atoms with Crippen molar-refractivity contribution in [2.24, 2.45) is 7.05 Å². The van der Waals surface area contributed by atoms with Crippen molar-refractivity contribution in [3.63, 3.8) is 0 Å². The molecule has 0 fully saturated rings. The normalized spacial score (nSPS) is 11.9. The largest absolute Gasteiger partial charge is 0.464 e. The second kappa shape index (κ2) is 9.56. The van der Waals surface area contributed by atoms with Crippen LogP contribution in [0.15, 0.2) is 83.6 Å². The van der Waals surface area contributed by atoms with Crippen LogP contribution >= 0.6 is 0 Å². The van der Waals surface area contributed by atoms with E-state index in [0.717, 1.165) is 10.9 Å². The van der Waals surface area contributed by atoms with Crippen LogP contribution in [-0.2, 0) is 13.5 Å². The molecule has 32 heavy (non-hydrogen) atoms. The lowest BCUT2D eigenvalue weighted by atomic mass is 10.0. The van der Waals surface area contributed by atoms with E-state index in [4.69, 9.17) is 4.42 Å². The zero-order valence-corrected chi connectivity index (χ0v) is 18.3. The highest BCUT2D eigenvalue weighted by atomic mass is 16.3. The zero-order valence-electron chi connectivity index (χ0n) is 18.3. The number of nitrogens with one attached hydrogen (secondary N) is 1. The van der Waals surface area contributed by atoms with Crippen LogP contribution in [0.4, 0.5) is 0 Å². The number of furan rings is 1. The van der Waals surface area contributed by atoms with Gasteiger partial charge in [-0.05, 0) is 48.7 Å². The summed E-state index contributed by atoms with van der Waals surface area (Å²) < 4.78 is 7.25. The lowest BCUT2D eigenvalue weighted by Crippen LogP contribution is -2.41. The van der Waals surface area contributed by atoms with Gasteiger partial charge in [-0.25, -0.2) is 0 Å². The smallest absolute Gasteiger partial charge is 0.267 e. The van der Waals surface area contributed by atoms with Gasteiger partial charge in [-0.3, -0.25) is 9.59 Å². The van der Waals surface area contributed by atoms with E-state index >= 15 is 0 Å². The van der Waals surface area contributed by atoms with Gasteiger partial charge >= 0.3 is 0 Å². The maximum atomic E-state index is 13.4. The van der Waals surface area contributed by atoms with Gasteiger partial charge < -0.3 is 19.2 Å². The highest BCUT2D eigenvalue weighted by molar-refractivity contribution is 6.05. The first kappa shape index (κ1) is 21.4. The Hall–Kier alpha value is -3.80. The molecule has 0 radical (unpaired) electrons. The van der Waals surface area contributed by atoms with Gasteiger partial charge in [0.2, 0.25) is 0 Å². The van der Waals surface area contributed by atoms with Crippen LogP contribution < -0.4 is 5.32 Å². The fraction of sp³-hybridized carbons (Fsp3) is 0.231. The molecule has 4 aromatic rings. The fourth-order valence-electron chi connectivity index (χ4n) is 4.00. The minimum absolute atomic E-state index is 0.0632.